The summed E-state index contributed by atoms with van der Waals surface area (Å²) in [4.78, 5) is 20.2. The fourth-order valence-corrected chi connectivity index (χ4v) is 1.64. The lowest BCUT2D eigenvalue weighted by Crippen LogP contribution is -2.15. The molecule has 0 saturated heterocycles. The van der Waals surface area contributed by atoms with E-state index in [0.717, 1.165) is 0 Å². The van der Waals surface area contributed by atoms with Crippen molar-refractivity contribution in [3.63, 3.8) is 0 Å². The highest BCUT2D eigenvalue weighted by molar-refractivity contribution is 7.80. The van der Waals surface area contributed by atoms with Gasteiger partial charge in [-0.05, 0) is 19.9 Å². The molecule has 0 atom stereocenters. The molecule has 0 fully saturated rings. The maximum absolute atomic E-state index is 11.6. The topological polar surface area (TPSA) is 95.9 Å². The molecular formula is C12H13N5O2S. The van der Waals surface area contributed by atoms with E-state index in [0.29, 0.717) is 29.5 Å². The minimum Gasteiger partial charge on any atom is -0.462 e. The third kappa shape index (κ3) is 2.97. The van der Waals surface area contributed by atoms with Gasteiger partial charge in [0.15, 0.2) is 0 Å². The number of aromatic nitrogens is 4. The smallest absolute Gasteiger partial charge is 0.341 e. The summed E-state index contributed by atoms with van der Waals surface area (Å²) in [6.07, 6.45) is 2.89. The maximum Gasteiger partial charge on any atom is 0.341 e. The SMILES string of the molecule is CCOC(=O)c1cnn(-c2nc(C)cc(C(N)=S)n2)c1. The Bertz CT molecular complexity index is 668. The first-order valence-electron chi connectivity index (χ1n) is 5.89. The molecule has 0 aliphatic heterocycles. The molecule has 8 heteroatoms. The van der Waals surface area contributed by atoms with Crippen molar-refractivity contribution in [2.75, 3.05) is 6.61 Å². The van der Waals surface area contributed by atoms with Crippen LogP contribution in [0.1, 0.15) is 28.7 Å². The van der Waals surface area contributed by atoms with Crippen LogP contribution >= 0.6 is 12.2 Å². The molecule has 0 bridgehead atoms. The molecule has 0 aliphatic carbocycles. The van der Waals surface area contributed by atoms with E-state index in [4.69, 9.17) is 22.7 Å². The Labute approximate surface area is 120 Å². The van der Waals surface area contributed by atoms with Gasteiger partial charge in [-0.1, -0.05) is 12.2 Å². The van der Waals surface area contributed by atoms with Gasteiger partial charge in [-0.3, -0.25) is 0 Å². The quantitative estimate of drug-likeness (QED) is 0.657. The first-order valence-corrected chi connectivity index (χ1v) is 6.29. The molecule has 7 nitrogen and oxygen atoms in total. The largest absolute Gasteiger partial charge is 0.462 e. The van der Waals surface area contributed by atoms with E-state index in [-0.39, 0.29) is 4.99 Å². The zero-order chi connectivity index (χ0) is 14.7. The average Bonchev–Trinajstić information content (AvgIpc) is 2.88. The molecule has 0 radical (unpaired) electrons. The number of rotatable bonds is 4. The number of aryl methyl sites for hydroxylation is 1. The zero-order valence-electron chi connectivity index (χ0n) is 11.0. The highest BCUT2D eigenvalue weighted by Crippen LogP contribution is 2.08. The Morgan fingerprint density at radius 2 is 2.25 bits per heavy atom. The number of hydrogen-bond acceptors (Lipinski definition) is 6. The van der Waals surface area contributed by atoms with Gasteiger partial charge in [0.25, 0.3) is 5.95 Å². The molecular weight excluding hydrogens is 278 g/mol. The van der Waals surface area contributed by atoms with Crippen LogP contribution in [-0.2, 0) is 4.74 Å². The van der Waals surface area contributed by atoms with Gasteiger partial charge in [0, 0.05) is 11.9 Å². The number of esters is 1. The molecule has 0 saturated carbocycles. The summed E-state index contributed by atoms with van der Waals surface area (Å²) in [7, 11) is 0. The van der Waals surface area contributed by atoms with Gasteiger partial charge < -0.3 is 10.5 Å². The summed E-state index contributed by atoms with van der Waals surface area (Å²) in [5, 5.41) is 4.04. The van der Waals surface area contributed by atoms with Crippen molar-refractivity contribution in [2.24, 2.45) is 5.73 Å². The molecule has 2 heterocycles. The summed E-state index contributed by atoms with van der Waals surface area (Å²) in [5.41, 5.74) is 7.04. The van der Waals surface area contributed by atoms with Crippen LogP contribution in [-0.4, -0.2) is 37.3 Å². The van der Waals surface area contributed by atoms with Crippen LogP contribution in [0.15, 0.2) is 18.5 Å². The van der Waals surface area contributed by atoms with E-state index in [1.165, 1.54) is 17.1 Å². The van der Waals surface area contributed by atoms with Crippen molar-refractivity contribution >= 4 is 23.2 Å². The molecule has 0 unspecified atom stereocenters. The van der Waals surface area contributed by atoms with Gasteiger partial charge in [-0.2, -0.15) is 5.10 Å². The highest BCUT2D eigenvalue weighted by atomic mass is 32.1. The lowest BCUT2D eigenvalue weighted by molar-refractivity contribution is 0.0526. The molecule has 0 aliphatic rings. The Kier molecular flexibility index (Phi) is 4.04. The van der Waals surface area contributed by atoms with Crippen LogP contribution in [0.4, 0.5) is 0 Å². The number of carbonyl (C=O) groups is 1. The number of ether oxygens (including phenoxy) is 1. The molecule has 0 aromatic carbocycles. The van der Waals surface area contributed by atoms with Gasteiger partial charge >= 0.3 is 5.97 Å². The van der Waals surface area contributed by atoms with Gasteiger partial charge in [0.1, 0.15) is 10.7 Å². The maximum atomic E-state index is 11.6. The van der Waals surface area contributed by atoms with Gasteiger partial charge in [0.05, 0.1) is 18.4 Å². The molecule has 2 aromatic heterocycles. The van der Waals surface area contributed by atoms with Crippen LogP contribution in [0.25, 0.3) is 5.95 Å². The average molecular weight is 291 g/mol. The fraction of sp³-hybridized carbons (Fsp3) is 0.250. The molecule has 104 valence electrons. The van der Waals surface area contributed by atoms with Crippen molar-refractivity contribution < 1.29 is 9.53 Å². The molecule has 2 rings (SSSR count). The number of thiocarbonyl (C=S) groups is 1. The van der Waals surface area contributed by atoms with Crippen LogP contribution < -0.4 is 5.73 Å². The summed E-state index contributed by atoms with van der Waals surface area (Å²) in [5.74, 6) is -0.149. The lowest BCUT2D eigenvalue weighted by Gasteiger charge is -2.04. The van der Waals surface area contributed by atoms with Crippen LogP contribution in [0.2, 0.25) is 0 Å². The number of nitrogens with two attached hydrogens (primary N) is 1. The molecule has 2 aromatic rings. The standard InChI is InChI=1S/C12H13N5O2S/c1-3-19-11(18)8-5-14-17(6-8)12-15-7(2)4-9(16-12)10(13)20/h4-6H,3H2,1-2H3,(H2,13,20). The third-order valence-corrected chi connectivity index (χ3v) is 2.60. The van der Waals surface area contributed by atoms with Crippen LogP contribution in [0.5, 0.6) is 0 Å². The van der Waals surface area contributed by atoms with Crippen molar-refractivity contribution in [1.82, 2.24) is 19.7 Å². The Morgan fingerprint density at radius 3 is 2.90 bits per heavy atom. The summed E-state index contributed by atoms with van der Waals surface area (Å²) in [6.45, 7) is 3.83. The minimum absolute atomic E-state index is 0.175. The van der Waals surface area contributed by atoms with Gasteiger partial charge in [-0.25, -0.2) is 19.4 Å². The van der Waals surface area contributed by atoms with E-state index in [1.54, 1.807) is 19.9 Å². The first kappa shape index (κ1) is 14.1. The fourth-order valence-electron chi connectivity index (χ4n) is 1.53. The van der Waals surface area contributed by atoms with E-state index in [1.807, 2.05) is 0 Å². The Hall–Kier alpha value is -2.35. The second kappa shape index (κ2) is 5.74. The molecule has 20 heavy (non-hydrogen) atoms. The molecule has 2 N–H and O–H groups in total. The van der Waals surface area contributed by atoms with Crippen molar-refractivity contribution in [3.8, 4) is 5.95 Å². The van der Waals surface area contributed by atoms with Crippen molar-refractivity contribution in [1.29, 1.82) is 0 Å². The first-order chi connectivity index (χ1) is 9.51. The number of nitrogens with zero attached hydrogens (tertiary/aromatic N) is 4. The van der Waals surface area contributed by atoms with Gasteiger partial charge in [0.2, 0.25) is 0 Å². The van der Waals surface area contributed by atoms with Gasteiger partial charge in [-0.15, -0.1) is 0 Å². The van der Waals surface area contributed by atoms with Crippen molar-refractivity contribution in [3.05, 3.63) is 35.4 Å². The zero-order valence-corrected chi connectivity index (χ0v) is 11.8. The number of hydrogen-bond donors (Lipinski definition) is 1. The second-order valence-electron chi connectivity index (χ2n) is 3.95. The summed E-state index contributed by atoms with van der Waals surface area (Å²) in [6, 6.07) is 1.68. The van der Waals surface area contributed by atoms with E-state index >= 15 is 0 Å². The third-order valence-electron chi connectivity index (χ3n) is 2.39. The minimum atomic E-state index is -0.444. The van der Waals surface area contributed by atoms with Crippen molar-refractivity contribution in [2.45, 2.75) is 13.8 Å². The predicted octanol–water partition coefficient (Wildman–Crippen LogP) is 0.782. The summed E-state index contributed by atoms with van der Waals surface area (Å²) < 4.78 is 6.26. The monoisotopic (exact) mass is 291 g/mol. The summed E-state index contributed by atoms with van der Waals surface area (Å²) >= 11 is 4.90. The van der Waals surface area contributed by atoms with Crippen LogP contribution in [0.3, 0.4) is 0 Å². The highest BCUT2D eigenvalue weighted by Gasteiger charge is 2.12. The molecule has 0 spiro atoms. The van der Waals surface area contributed by atoms with E-state index in [9.17, 15) is 4.79 Å². The number of carbonyl (C=O) groups excluding carboxylic acids is 1. The Morgan fingerprint density at radius 1 is 1.50 bits per heavy atom. The molecule has 0 amide bonds. The van der Waals surface area contributed by atoms with E-state index < -0.39 is 5.97 Å². The van der Waals surface area contributed by atoms with Crippen LogP contribution in [0, 0.1) is 6.92 Å². The predicted molar refractivity (Wildman–Crippen MR) is 75.7 cm³/mol. The van der Waals surface area contributed by atoms with E-state index in [2.05, 4.69) is 15.1 Å². The normalized spacial score (nSPS) is 10.3. The lowest BCUT2D eigenvalue weighted by atomic mass is 10.3. The Balaban J connectivity index is 2.37. The second-order valence-corrected chi connectivity index (χ2v) is 4.39.